The maximum absolute atomic E-state index is 5.60. The van der Waals surface area contributed by atoms with E-state index in [-0.39, 0.29) is 0 Å². The zero-order valence-corrected chi connectivity index (χ0v) is 11.7. The molecule has 1 aliphatic carbocycles. The van der Waals surface area contributed by atoms with Gasteiger partial charge in [0.1, 0.15) is 0 Å². The minimum absolute atomic E-state index is 0.306. The minimum Gasteiger partial charge on any atom is -0.467 e. The molecule has 0 atom stereocenters. The van der Waals surface area contributed by atoms with E-state index in [1.54, 1.807) is 7.05 Å². The van der Waals surface area contributed by atoms with Crippen LogP contribution in [-0.2, 0) is 4.74 Å². The maximum atomic E-state index is 5.60. The van der Waals surface area contributed by atoms with Crippen molar-refractivity contribution < 1.29 is 9.47 Å². The Kier molecular flexibility index (Phi) is 4.73. The van der Waals surface area contributed by atoms with Crippen molar-refractivity contribution in [1.29, 1.82) is 0 Å². The molecule has 1 fully saturated rings. The molecule has 19 heavy (non-hydrogen) atoms. The first-order valence-electron chi connectivity index (χ1n) is 6.49. The van der Waals surface area contributed by atoms with Gasteiger partial charge in [-0.25, -0.2) is 0 Å². The Morgan fingerprint density at radius 3 is 2.74 bits per heavy atom. The Hall–Kier alpha value is -1.63. The molecule has 0 amide bonds. The zero-order valence-electron chi connectivity index (χ0n) is 11.7. The fourth-order valence-electron chi connectivity index (χ4n) is 1.56. The molecule has 1 aromatic rings. The number of nitrogens with one attached hydrogen (secondary N) is 1. The van der Waals surface area contributed by atoms with Crippen molar-refractivity contribution >= 4 is 11.9 Å². The molecule has 0 aliphatic heterocycles. The SMILES string of the molecule is CNc1nc(OC)nc(N(C)CCOCC2CC2)n1. The molecule has 1 N–H and O–H groups in total. The van der Waals surface area contributed by atoms with Crippen LogP contribution in [0.3, 0.4) is 0 Å². The number of aromatic nitrogens is 3. The lowest BCUT2D eigenvalue weighted by Gasteiger charge is -2.17. The van der Waals surface area contributed by atoms with E-state index in [1.165, 1.54) is 20.0 Å². The molecule has 0 saturated heterocycles. The minimum atomic E-state index is 0.306. The molecular weight excluding hydrogens is 246 g/mol. The average Bonchev–Trinajstić information content (AvgIpc) is 3.26. The summed E-state index contributed by atoms with van der Waals surface area (Å²) in [6, 6.07) is 0.306. The number of likely N-dealkylation sites (N-methyl/N-ethyl adjacent to an activating group) is 1. The van der Waals surface area contributed by atoms with Crippen molar-refractivity contribution in [3.63, 3.8) is 0 Å². The van der Waals surface area contributed by atoms with Gasteiger partial charge in [0, 0.05) is 27.2 Å². The lowest BCUT2D eigenvalue weighted by molar-refractivity contribution is 0.130. The Balaban J connectivity index is 1.86. The summed E-state index contributed by atoms with van der Waals surface area (Å²) in [5, 5.41) is 2.89. The molecule has 1 aliphatic rings. The van der Waals surface area contributed by atoms with Crippen LogP contribution in [0.1, 0.15) is 12.8 Å². The second kappa shape index (κ2) is 6.51. The smallest absolute Gasteiger partial charge is 0.322 e. The van der Waals surface area contributed by atoms with E-state index < -0.39 is 0 Å². The number of rotatable bonds is 8. The zero-order chi connectivity index (χ0) is 13.7. The third-order valence-corrected chi connectivity index (χ3v) is 2.97. The summed E-state index contributed by atoms with van der Waals surface area (Å²) in [6.45, 7) is 2.29. The van der Waals surface area contributed by atoms with Gasteiger partial charge in [0.2, 0.25) is 11.9 Å². The largest absolute Gasteiger partial charge is 0.467 e. The van der Waals surface area contributed by atoms with Crippen molar-refractivity contribution in [2.24, 2.45) is 5.92 Å². The van der Waals surface area contributed by atoms with Gasteiger partial charge in [0.05, 0.1) is 13.7 Å². The highest BCUT2D eigenvalue weighted by atomic mass is 16.5. The number of hydrogen-bond acceptors (Lipinski definition) is 7. The molecule has 7 heteroatoms. The fourth-order valence-corrected chi connectivity index (χ4v) is 1.56. The van der Waals surface area contributed by atoms with Gasteiger partial charge in [-0.05, 0) is 18.8 Å². The summed E-state index contributed by atoms with van der Waals surface area (Å²) >= 11 is 0. The van der Waals surface area contributed by atoms with Crippen LogP contribution in [0.5, 0.6) is 6.01 Å². The van der Waals surface area contributed by atoms with Crippen LogP contribution < -0.4 is 15.0 Å². The Labute approximate surface area is 113 Å². The van der Waals surface area contributed by atoms with Gasteiger partial charge in [-0.2, -0.15) is 15.0 Å². The van der Waals surface area contributed by atoms with Crippen LogP contribution >= 0.6 is 0 Å². The lowest BCUT2D eigenvalue weighted by atomic mass is 10.5. The molecule has 106 valence electrons. The Bertz CT molecular complexity index is 389. The van der Waals surface area contributed by atoms with Gasteiger partial charge in [-0.3, -0.25) is 0 Å². The van der Waals surface area contributed by atoms with Gasteiger partial charge < -0.3 is 19.7 Å². The normalized spacial score (nSPS) is 14.3. The van der Waals surface area contributed by atoms with Gasteiger partial charge in [-0.15, -0.1) is 0 Å². The third kappa shape index (κ3) is 4.20. The number of ether oxygens (including phenoxy) is 2. The molecule has 1 aromatic heterocycles. The van der Waals surface area contributed by atoms with E-state index >= 15 is 0 Å². The number of hydrogen-bond donors (Lipinski definition) is 1. The lowest BCUT2D eigenvalue weighted by Crippen LogP contribution is -2.25. The van der Waals surface area contributed by atoms with Crippen LogP contribution in [0.4, 0.5) is 11.9 Å². The Morgan fingerprint density at radius 1 is 1.32 bits per heavy atom. The predicted octanol–water partition coefficient (Wildman–Crippen LogP) is 0.785. The van der Waals surface area contributed by atoms with E-state index in [0.29, 0.717) is 24.5 Å². The quantitative estimate of drug-likeness (QED) is 0.698. The van der Waals surface area contributed by atoms with E-state index in [2.05, 4.69) is 20.3 Å². The van der Waals surface area contributed by atoms with Gasteiger partial charge in [0.15, 0.2) is 0 Å². The monoisotopic (exact) mass is 267 g/mol. The third-order valence-electron chi connectivity index (χ3n) is 2.97. The second-order valence-corrected chi connectivity index (χ2v) is 4.64. The van der Waals surface area contributed by atoms with E-state index in [0.717, 1.165) is 19.1 Å². The van der Waals surface area contributed by atoms with Gasteiger partial charge >= 0.3 is 6.01 Å². The van der Waals surface area contributed by atoms with Crippen LogP contribution in [0.25, 0.3) is 0 Å². The number of nitrogens with zero attached hydrogens (tertiary/aromatic N) is 4. The van der Waals surface area contributed by atoms with Gasteiger partial charge in [-0.1, -0.05) is 0 Å². The van der Waals surface area contributed by atoms with E-state index in [1.807, 2.05) is 11.9 Å². The summed E-state index contributed by atoms with van der Waals surface area (Å²) in [5.74, 6) is 1.86. The Morgan fingerprint density at radius 2 is 2.11 bits per heavy atom. The molecule has 1 heterocycles. The van der Waals surface area contributed by atoms with Crippen LogP contribution in [-0.4, -0.2) is 55.9 Å². The summed E-state index contributed by atoms with van der Waals surface area (Å²) in [6.07, 6.45) is 2.62. The summed E-state index contributed by atoms with van der Waals surface area (Å²) in [7, 11) is 5.23. The molecule has 7 nitrogen and oxygen atoms in total. The number of methoxy groups -OCH3 is 1. The van der Waals surface area contributed by atoms with Crippen LogP contribution in [0, 0.1) is 5.92 Å². The standard InChI is InChI=1S/C12H21N5O2/c1-13-10-14-11(16-12(15-10)18-3)17(2)6-7-19-8-9-4-5-9/h9H,4-8H2,1-3H3,(H,13,14,15,16). The van der Waals surface area contributed by atoms with Crippen molar-refractivity contribution in [2.75, 3.05) is 51.2 Å². The molecular formula is C12H21N5O2. The maximum Gasteiger partial charge on any atom is 0.322 e. The molecule has 0 unspecified atom stereocenters. The highest BCUT2D eigenvalue weighted by Gasteiger charge is 2.21. The molecule has 0 aromatic carbocycles. The van der Waals surface area contributed by atoms with Crippen LogP contribution in [0.2, 0.25) is 0 Å². The summed E-state index contributed by atoms with van der Waals surface area (Å²) in [5.41, 5.74) is 0. The molecule has 2 rings (SSSR count). The van der Waals surface area contributed by atoms with E-state index in [4.69, 9.17) is 9.47 Å². The second-order valence-electron chi connectivity index (χ2n) is 4.64. The molecule has 1 saturated carbocycles. The fraction of sp³-hybridized carbons (Fsp3) is 0.750. The van der Waals surface area contributed by atoms with Crippen molar-refractivity contribution in [3.05, 3.63) is 0 Å². The van der Waals surface area contributed by atoms with E-state index in [9.17, 15) is 0 Å². The highest BCUT2D eigenvalue weighted by Crippen LogP contribution is 2.28. The summed E-state index contributed by atoms with van der Waals surface area (Å²) < 4.78 is 10.7. The first-order valence-corrected chi connectivity index (χ1v) is 6.49. The summed E-state index contributed by atoms with van der Waals surface area (Å²) in [4.78, 5) is 14.5. The van der Waals surface area contributed by atoms with Crippen LogP contribution in [0.15, 0.2) is 0 Å². The highest BCUT2D eigenvalue weighted by molar-refractivity contribution is 5.37. The molecule has 0 spiro atoms. The van der Waals surface area contributed by atoms with Crippen molar-refractivity contribution in [2.45, 2.75) is 12.8 Å². The van der Waals surface area contributed by atoms with Crippen molar-refractivity contribution in [1.82, 2.24) is 15.0 Å². The first-order chi connectivity index (χ1) is 9.22. The molecule has 0 bridgehead atoms. The predicted molar refractivity (Wildman–Crippen MR) is 72.7 cm³/mol. The first kappa shape index (κ1) is 13.8. The average molecular weight is 267 g/mol. The molecule has 0 radical (unpaired) electrons. The van der Waals surface area contributed by atoms with Crippen molar-refractivity contribution in [3.8, 4) is 6.01 Å². The topological polar surface area (TPSA) is 72.4 Å². The van der Waals surface area contributed by atoms with Gasteiger partial charge in [0.25, 0.3) is 0 Å². The number of anilines is 2.